The zero-order valence-corrected chi connectivity index (χ0v) is 11.3. The number of carbonyl (C=O) groups excluding carboxylic acids is 1. The van der Waals surface area contributed by atoms with Crippen molar-refractivity contribution in [3.8, 4) is 11.4 Å². The van der Waals surface area contributed by atoms with Gasteiger partial charge in [-0.2, -0.15) is 5.10 Å². The van der Waals surface area contributed by atoms with Gasteiger partial charge in [-0.05, 0) is 18.4 Å². The van der Waals surface area contributed by atoms with Gasteiger partial charge in [-0.3, -0.25) is 9.48 Å². The summed E-state index contributed by atoms with van der Waals surface area (Å²) in [6.45, 7) is 0. The van der Waals surface area contributed by atoms with Crippen molar-refractivity contribution in [1.29, 1.82) is 0 Å². The standard InChI is InChI=1S/C11H9IN4O/c1-16-10-7(8(5-17)15-16)3-2-6-4-13-11(12)14-9(6)10/h4-5H,2-3H2,1H3. The van der Waals surface area contributed by atoms with E-state index in [9.17, 15) is 4.79 Å². The number of aromatic nitrogens is 4. The third-order valence-electron chi connectivity index (χ3n) is 2.99. The molecule has 86 valence electrons. The van der Waals surface area contributed by atoms with Gasteiger partial charge in [-0.1, -0.05) is 0 Å². The summed E-state index contributed by atoms with van der Waals surface area (Å²) in [7, 11) is 1.84. The van der Waals surface area contributed by atoms with E-state index in [1.165, 1.54) is 0 Å². The molecule has 0 N–H and O–H groups in total. The highest BCUT2D eigenvalue weighted by molar-refractivity contribution is 14.1. The van der Waals surface area contributed by atoms with Crippen molar-refractivity contribution in [2.75, 3.05) is 0 Å². The average Bonchev–Trinajstić information content (AvgIpc) is 2.66. The molecule has 6 heteroatoms. The summed E-state index contributed by atoms with van der Waals surface area (Å²) in [4.78, 5) is 19.6. The molecule has 2 heterocycles. The topological polar surface area (TPSA) is 60.7 Å². The van der Waals surface area contributed by atoms with E-state index in [0.29, 0.717) is 9.53 Å². The molecule has 0 spiro atoms. The van der Waals surface area contributed by atoms with Gasteiger partial charge >= 0.3 is 0 Å². The fourth-order valence-corrected chi connectivity index (χ4v) is 2.64. The monoisotopic (exact) mass is 340 g/mol. The largest absolute Gasteiger partial charge is 0.296 e. The molecule has 0 bridgehead atoms. The number of carbonyl (C=O) groups is 1. The molecular formula is C11H9IN4O. The van der Waals surface area contributed by atoms with E-state index in [1.54, 1.807) is 4.68 Å². The molecule has 3 rings (SSSR count). The molecule has 0 fully saturated rings. The number of hydrogen-bond donors (Lipinski definition) is 0. The van der Waals surface area contributed by atoms with Gasteiger partial charge in [0, 0.05) is 41.4 Å². The minimum absolute atomic E-state index is 0.529. The summed E-state index contributed by atoms with van der Waals surface area (Å²) in [6.07, 6.45) is 4.37. The van der Waals surface area contributed by atoms with Gasteiger partial charge in [0.2, 0.25) is 0 Å². The van der Waals surface area contributed by atoms with E-state index in [0.717, 1.165) is 41.6 Å². The molecular weight excluding hydrogens is 331 g/mol. The lowest BCUT2D eigenvalue weighted by Gasteiger charge is -2.15. The summed E-state index contributed by atoms with van der Waals surface area (Å²) >= 11 is 2.09. The van der Waals surface area contributed by atoms with Crippen LogP contribution in [-0.4, -0.2) is 26.0 Å². The Morgan fingerprint density at radius 1 is 1.47 bits per heavy atom. The van der Waals surface area contributed by atoms with Crippen LogP contribution in [0.15, 0.2) is 6.20 Å². The number of aldehydes is 1. The Hall–Kier alpha value is -1.31. The molecule has 1 aliphatic carbocycles. The van der Waals surface area contributed by atoms with Crippen molar-refractivity contribution in [2.24, 2.45) is 7.05 Å². The van der Waals surface area contributed by atoms with Crippen LogP contribution in [0.4, 0.5) is 0 Å². The van der Waals surface area contributed by atoms with Gasteiger partial charge < -0.3 is 0 Å². The van der Waals surface area contributed by atoms with Crippen molar-refractivity contribution in [3.05, 3.63) is 26.8 Å². The fraction of sp³-hybridized carbons (Fsp3) is 0.273. The second-order valence-corrected chi connectivity index (χ2v) is 4.93. The first-order chi connectivity index (χ1) is 8.20. The highest BCUT2D eigenvalue weighted by Gasteiger charge is 2.25. The van der Waals surface area contributed by atoms with E-state index < -0.39 is 0 Å². The summed E-state index contributed by atoms with van der Waals surface area (Å²) in [5.74, 6) is 0. The molecule has 0 radical (unpaired) electrons. The second-order valence-electron chi connectivity index (χ2n) is 3.97. The van der Waals surface area contributed by atoms with Crippen molar-refractivity contribution in [3.63, 3.8) is 0 Å². The molecule has 0 atom stereocenters. The molecule has 2 aromatic rings. The zero-order valence-electron chi connectivity index (χ0n) is 9.14. The molecule has 1 aliphatic rings. The molecule has 2 aromatic heterocycles. The van der Waals surface area contributed by atoms with Crippen molar-refractivity contribution >= 4 is 28.9 Å². The van der Waals surface area contributed by atoms with Gasteiger partial charge in [0.25, 0.3) is 0 Å². The summed E-state index contributed by atoms with van der Waals surface area (Å²) in [6, 6.07) is 0. The number of fused-ring (bicyclic) bond motifs is 3. The molecule has 0 aromatic carbocycles. The third-order valence-corrected chi connectivity index (χ3v) is 3.51. The van der Waals surface area contributed by atoms with Crippen LogP contribution in [0.25, 0.3) is 11.4 Å². The Kier molecular flexibility index (Phi) is 2.46. The smallest absolute Gasteiger partial charge is 0.191 e. The molecule has 0 unspecified atom stereocenters. The van der Waals surface area contributed by atoms with Crippen LogP contribution in [0.2, 0.25) is 0 Å². The van der Waals surface area contributed by atoms with Gasteiger partial charge in [0.1, 0.15) is 5.69 Å². The normalized spacial score (nSPS) is 13.1. The Labute approximate surface area is 111 Å². The number of halogens is 1. The number of aryl methyl sites for hydroxylation is 2. The third kappa shape index (κ3) is 1.58. The maximum absolute atomic E-state index is 11.0. The van der Waals surface area contributed by atoms with Crippen molar-refractivity contribution < 1.29 is 4.79 Å². The predicted molar refractivity (Wildman–Crippen MR) is 69.7 cm³/mol. The SMILES string of the molecule is Cn1nc(C=O)c2c1-c1nc(I)ncc1CC2. The summed E-state index contributed by atoms with van der Waals surface area (Å²) in [5.41, 5.74) is 4.52. The van der Waals surface area contributed by atoms with Crippen LogP contribution in [0.1, 0.15) is 21.6 Å². The summed E-state index contributed by atoms with van der Waals surface area (Å²) < 4.78 is 2.45. The maximum Gasteiger partial charge on any atom is 0.191 e. The summed E-state index contributed by atoms with van der Waals surface area (Å²) in [5, 5.41) is 4.23. The minimum Gasteiger partial charge on any atom is -0.296 e. The number of nitrogens with zero attached hydrogens (tertiary/aromatic N) is 4. The van der Waals surface area contributed by atoms with Gasteiger partial charge in [-0.25, -0.2) is 9.97 Å². The lowest BCUT2D eigenvalue weighted by Crippen LogP contribution is -2.09. The van der Waals surface area contributed by atoms with Crippen LogP contribution >= 0.6 is 22.6 Å². The fourth-order valence-electron chi connectivity index (χ4n) is 2.26. The Balaban J connectivity index is 2.32. The quantitative estimate of drug-likeness (QED) is 0.447. The van der Waals surface area contributed by atoms with E-state index in [1.807, 2.05) is 13.2 Å². The Bertz CT molecular complexity index is 620. The molecule has 5 nitrogen and oxygen atoms in total. The maximum atomic E-state index is 11.0. The number of rotatable bonds is 1. The molecule has 17 heavy (non-hydrogen) atoms. The predicted octanol–water partition coefficient (Wildman–Crippen LogP) is 1.39. The average molecular weight is 340 g/mol. The lowest BCUT2D eigenvalue weighted by atomic mass is 9.93. The van der Waals surface area contributed by atoms with E-state index >= 15 is 0 Å². The highest BCUT2D eigenvalue weighted by atomic mass is 127. The Morgan fingerprint density at radius 2 is 2.29 bits per heavy atom. The number of hydrogen-bond acceptors (Lipinski definition) is 4. The van der Waals surface area contributed by atoms with Crippen LogP contribution in [0.5, 0.6) is 0 Å². The molecule has 0 saturated heterocycles. The van der Waals surface area contributed by atoms with Crippen LogP contribution in [-0.2, 0) is 19.9 Å². The highest BCUT2D eigenvalue weighted by Crippen LogP contribution is 2.32. The molecule has 0 aliphatic heterocycles. The first-order valence-electron chi connectivity index (χ1n) is 5.23. The molecule has 0 amide bonds. The van der Waals surface area contributed by atoms with Crippen molar-refractivity contribution in [2.45, 2.75) is 12.8 Å². The zero-order chi connectivity index (χ0) is 12.0. The van der Waals surface area contributed by atoms with Gasteiger partial charge in [0.15, 0.2) is 10.1 Å². The van der Waals surface area contributed by atoms with E-state index in [-0.39, 0.29) is 0 Å². The van der Waals surface area contributed by atoms with Gasteiger partial charge in [-0.15, -0.1) is 0 Å². The minimum atomic E-state index is 0.529. The van der Waals surface area contributed by atoms with Gasteiger partial charge in [0.05, 0.1) is 11.4 Å². The van der Waals surface area contributed by atoms with Crippen LogP contribution in [0, 0.1) is 3.83 Å². The van der Waals surface area contributed by atoms with Crippen molar-refractivity contribution in [1.82, 2.24) is 19.7 Å². The van der Waals surface area contributed by atoms with Crippen LogP contribution < -0.4 is 0 Å². The van der Waals surface area contributed by atoms with E-state index in [2.05, 4.69) is 37.7 Å². The lowest BCUT2D eigenvalue weighted by molar-refractivity contribution is 0.111. The first-order valence-corrected chi connectivity index (χ1v) is 6.31. The Morgan fingerprint density at radius 3 is 3.06 bits per heavy atom. The van der Waals surface area contributed by atoms with Crippen LogP contribution in [0.3, 0.4) is 0 Å². The molecule has 0 saturated carbocycles. The first kappa shape index (κ1) is 10.8. The van der Waals surface area contributed by atoms with E-state index in [4.69, 9.17) is 0 Å². The second kappa shape index (κ2) is 3.86.